The van der Waals surface area contributed by atoms with E-state index in [0.717, 1.165) is 19.0 Å². The monoisotopic (exact) mass is 275 g/mol. The Balaban J connectivity index is 1.51. The van der Waals surface area contributed by atoms with Gasteiger partial charge in [-0.15, -0.1) is 0 Å². The van der Waals surface area contributed by atoms with Gasteiger partial charge >= 0.3 is 0 Å². The summed E-state index contributed by atoms with van der Waals surface area (Å²) in [6, 6.07) is 9.64. The van der Waals surface area contributed by atoms with Crippen LogP contribution in [0.5, 0.6) is 5.75 Å². The van der Waals surface area contributed by atoms with E-state index in [1.807, 2.05) is 6.07 Å². The number of para-hydroxylation sites is 1. The van der Waals surface area contributed by atoms with E-state index in [-0.39, 0.29) is 0 Å². The van der Waals surface area contributed by atoms with Gasteiger partial charge in [0.05, 0.1) is 13.7 Å². The van der Waals surface area contributed by atoms with E-state index in [2.05, 4.69) is 30.4 Å². The van der Waals surface area contributed by atoms with Crippen LogP contribution in [0.1, 0.15) is 37.7 Å². The van der Waals surface area contributed by atoms with Crippen molar-refractivity contribution in [3.05, 3.63) is 29.8 Å². The van der Waals surface area contributed by atoms with Crippen molar-refractivity contribution < 1.29 is 9.47 Å². The van der Waals surface area contributed by atoms with Crippen LogP contribution in [-0.2, 0) is 4.74 Å². The van der Waals surface area contributed by atoms with Gasteiger partial charge in [0.25, 0.3) is 0 Å². The van der Waals surface area contributed by atoms with E-state index in [1.54, 1.807) is 7.11 Å². The average molecular weight is 275 g/mol. The summed E-state index contributed by atoms with van der Waals surface area (Å²) >= 11 is 0. The zero-order valence-corrected chi connectivity index (χ0v) is 12.5. The van der Waals surface area contributed by atoms with Gasteiger partial charge in [-0.3, -0.25) is 0 Å². The first-order chi connectivity index (χ1) is 9.78. The van der Waals surface area contributed by atoms with Crippen LogP contribution >= 0.6 is 0 Å². The zero-order valence-electron chi connectivity index (χ0n) is 12.5. The van der Waals surface area contributed by atoms with Gasteiger partial charge in [-0.2, -0.15) is 0 Å². The lowest BCUT2D eigenvalue weighted by atomic mass is 9.75. The summed E-state index contributed by atoms with van der Waals surface area (Å²) in [6.45, 7) is 4.16. The van der Waals surface area contributed by atoms with Crippen molar-refractivity contribution in [3.8, 4) is 5.75 Å². The molecule has 20 heavy (non-hydrogen) atoms. The number of hydrogen-bond donors (Lipinski definition) is 1. The highest BCUT2D eigenvalue weighted by molar-refractivity contribution is 5.37. The molecule has 0 spiro atoms. The molecular weight excluding hydrogens is 250 g/mol. The molecule has 2 atom stereocenters. The largest absolute Gasteiger partial charge is 0.496 e. The molecule has 0 radical (unpaired) electrons. The van der Waals surface area contributed by atoms with Crippen LogP contribution in [-0.4, -0.2) is 32.4 Å². The van der Waals surface area contributed by atoms with Crippen molar-refractivity contribution in [1.29, 1.82) is 0 Å². The second kappa shape index (κ2) is 6.15. The molecule has 1 aliphatic carbocycles. The summed E-state index contributed by atoms with van der Waals surface area (Å²) in [5.74, 6) is 2.38. The third-order valence-corrected chi connectivity index (χ3v) is 4.89. The molecule has 2 fully saturated rings. The van der Waals surface area contributed by atoms with Crippen LogP contribution < -0.4 is 10.1 Å². The highest BCUT2D eigenvalue weighted by Gasteiger charge is 2.34. The van der Waals surface area contributed by atoms with E-state index in [0.29, 0.717) is 23.9 Å². The molecule has 3 nitrogen and oxygen atoms in total. The second-order valence-corrected chi connectivity index (χ2v) is 6.19. The van der Waals surface area contributed by atoms with Gasteiger partial charge in [0.2, 0.25) is 0 Å². The molecule has 2 unspecified atom stereocenters. The first kappa shape index (κ1) is 13.9. The second-order valence-electron chi connectivity index (χ2n) is 6.19. The SMILES string of the molecule is COc1ccccc1C1CC(NC(C)C2CCOC2)C1. The molecule has 0 aromatic heterocycles. The lowest BCUT2D eigenvalue weighted by Gasteiger charge is -2.39. The van der Waals surface area contributed by atoms with Crippen molar-refractivity contribution in [2.24, 2.45) is 5.92 Å². The van der Waals surface area contributed by atoms with Crippen LogP contribution in [0.25, 0.3) is 0 Å². The molecular formula is C17H25NO2. The van der Waals surface area contributed by atoms with E-state index in [9.17, 15) is 0 Å². The number of nitrogens with one attached hydrogen (secondary N) is 1. The minimum Gasteiger partial charge on any atom is -0.496 e. The molecule has 1 N–H and O–H groups in total. The number of hydrogen-bond acceptors (Lipinski definition) is 3. The summed E-state index contributed by atoms with van der Waals surface area (Å²) in [6.07, 6.45) is 3.65. The van der Waals surface area contributed by atoms with Gasteiger partial charge in [0.15, 0.2) is 0 Å². The summed E-state index contributed by atoms with van der Waals surface area (Å²) in [5.41, 5.74) is 1.37. The van der Waals surface area contributed by atoms with Crippen molar-refractivity contribution >= 4 is 0 Å². The molecule has 1 aromatic carbocycles. The fraction of sp³-hybridized carbons (Fsp3) is 0.647. The van der Waals surface area contributed by atoms with E-state index < -0.39 is 0 Å². The van der Waals surface area contributed by atoms with Gasteiger partial charge in [-0.25, -0.2) is 0 Å². The van der Waals surface area contributed by atoms with E-state index in [4.69, 9.17) is 9.47 Å². The molecule has 3 rings (SSSR count). The third kappa shape index (κ3) is 2.84. The minimum absolute atomic E-state index is 0.570. The normalized spacial score (nSPS) is 30.8. The first-order valence-electron chi connectivity index (χ1n) is 7.74. The molecule has 1 saturated heterocycles. The Morgan fingerprint density at radius 2 is 2.10 bits per heavy atom. The molecule has 1 heterocycles. The Morgan fingerprint density at radius 3 is 2.80 bits per heavy atom. The van der Waals surface area contributed by atoms with Gasteiger partial charge in [0, 0.05) is 18.7 Å². The Bertz CT molecular complexity index is 436. The van der Waals surface area contributed by atoms with Crippen LogP contribution in [0.4, 0.5) is 0 Å². The Hall–Kier alpha value is -1.06. The van der Waals surface area contributed by atoms with Gasteiger partial charge in [0.1, 0.15) is 5.75 Å². The molecule has 2 aliphatic rings. The van der Waals surface area contributed by atoms with Crippen molar-refractivity contribution in [2.45, 2.75) is 44.2 Å². The average Bonchev–Trinajstić information content (AvgIpc) is 2.96. The minimum atomic E-state index is 0.570. The van der Waals surface area contributed by atoms with Gasteiger partial charge < -0.3 is 14.8 Å². The molecule has 0 amide bonds. The Morgan fingerprint density at radius 1 is 1.30 bits per heavy atom. The Kier molecular flexibility index (Phi) is 4.27. The zero-order chi connectivity index (χ0) is 13.9. The van der Waals surface area contributed by atoms with Crippen LogP contribution in [0.15, 0.2) is 24.3 Å². The molecule has 1 saturated carbocycles. The lowest BCUT2D eigenvalue weighted by Crippen LogP contribution is -2.47. The highest BCUT2D eigenvalue weighted by Crippen LogP contribution is 2.41. The topological polar surface area (TPSA) is 30.5 Å². The van der Waals surface area contributed by atoms with Gasteiger partial charge in [-0.05, 0) is 49.7 Å². The summed E-state index contributed by atoms with van der Waals surface area (Å²) in [5, 5.41) is 3.77. The van der Waals surface area contributed by atoms with E-state index >= 15 is 0 Å². The maximum Gasteiger partial charge on any atom is 0.122 e. The Labute approximate surface area is 121 Å². The molecule has 110 valence electrons. The third-order valence-electron chi connectivity index (χ3n) is 4.89. The maximum atomic E-state index is 5.48. The fourth-order valence-electron chi connectivity index (χ4n) is 3.47. The number of benzene rings is 1. The molecule has 0 bridgehead atoms. The predicted molar refractivity (Wildman–Crippen MR) is 80.3 cm³/mol. The molecule has 1 aromatic rings. The van der Waals surface area contributed by atoms with E-state index in [1.165, 1.54) is 24.8 Å². The highest BCUT2D eigenvalue weighted by atomic mass is 16.5. The predicted octanol–water partition coefficient (Wildman–Crippen LogP) is 2.96. The lowest BCUT2D eigenvalue weighted by molar-refractivity contribution is 0.169. The number of rotatable bonds is 5. The van der Waals surface area contributed by atoms with Crippen molar-refractivity contribution in [2.75, 3.05) is 20.3 Å². The summed E-state index contributed by atoms with van der Waals surface area (Å²) in [7, 11) is 1.76. The van der Waals surface area contributed by atoms with Crippen molar-refractivity contribution in [3.63, 3.8) is 0 Å². The van der Waals surface area contributed by atoms with Gasteiger partial charge in [-0.1, -0.05) is 18.2 Å². The summed E-state index contributed by atoms with van der Waals surface area (Å²) < 4.78 is 10.9. The van der Waals surface area contributed by atoms with Crippen molar-refractivity contribution in [1.82, 2.24) is 5.32 Å². The van der Waals surface area contributed by atoms with Crippen LogP contribution in [0, 0.1) is 5.92 Å². The standard InChI is InChI=1S/C17H25NO2/c1-12(13-7-8-20-11-13)18-15-9-14(10-15)16-5-3-4-6-17(16)19-2/h3-6,12-15,18H,7-11H2,1-2H3. The quantitative estimate of drug-likeness (QED) is 0.896. The molecule has 1 aliphatic heterocycles. The number of ether oxygens (including phenoxy) is 2. The maximum absolute atomic E-state index is 5.48. The summed E-state index contributed by atoms with van der Waals surface area (Å²) in [4.78, 5) is 0. The first-order valence-corrected chi connectivity index (χ1v) is 7.74. The van der Waals surface area contributed by atoms with Crippen LogP contribution in [0.2, 0.25) is 0 Å². The smallest absolute Gasteiger partial charge is 0.122 e. The number of methoxy groups -OCH3 is 1. The fourth-order valence-corrected chi connectivity index (χ4v) is 3.47. The van der Waals surface area contributed by atoms with Crippen LogP contribution in [0.3, 0.4) is 0 Å². The molecule has 3 heteroatoms.